The van der Waals surface area contributed by atoms with Gasteiger partial charge in [0.05, 0.1) is 11.6 Å². The molecule has 1 aliphatic rings. The number of benzene rings is 3. The molecule has 1 aliphatic carbocycles. The summed E-state index contributed by atoms with van der Waals surface area (Å²) in [5, 5.41) is 15.8. The smallest absolute Gasteiger partial charge is 0.255 e. The predicted octanol–water partition coefficient (Wildman–Crippen LogP) is 6.01. The summed E-state index contributed by atoms with van der Waals surface area (Å²) in [6.45, 7) is 1.79. The maximum Gasteiger partial charge on any atom is 0.255 e. The Morgan fingerprint density at radius 3 is 2.39 bits per heavy atom. The fraction of sp³-hybridized carbons (Fsp3) is 0.179. The number of carbonyl (C=O) groups is 2. The van der Waals surface area contributed by atoms with Gasteiger partial charge in [-0.2, -0.15) is 5.26 Å². The van der Waals surface area contributed by atoms with E-state index < -0.39 is 11.4 Å². The first kappa shape index (κ1) is 23.6. The highest BCUT2D eigenvalue weighted by Gasteiger charge is 2.45. The Balaban J connectivity index is 1.63. The average Bonchev–Trinajstić information content (AvgIpc) is 3.54. The zero-order valence-electron chi connectivity index (χ0n) is 19.5. The molecule has 0 spiro atoms. The topological polar surface area (TPSA) is 95.1 Å². The third kappa shape index (κ3) is 4.10. The fourth-order valence-corrected chi connectivity index (χ4v) is 4.56. The van der Waals surface area contributed by atoms with Gasteiger partial charge in [-0.1, -0.05) is 17.7 Å². The number of nitriles is 1. The van der Waals surface area contributed by atoms with Gasteiger partial charge in [-0.05, 0) is 79.4 Å². The number of fused-ring (bicyclic) bond motifs is 1. The van der Waals surface area contributed by atoms with Gasteiger partial charge >= 0.3 is 0 Å². The maximum absolute atomic E-state index is 13.5. The number of aryl methyl sites for hydroxylation is 1. The number of hydrogen-bond acceptors (Lipinski definition) is 4. The van der Waals surface area contributed by atoms with Crippen molar-refractivity contribution in [1.82, 2.24) is 10.6 Å². The highest BCUT2D eigenvalue weighted by atomic mass is 35.5. The molecule has 1 heterocycles. The lowest BCUT2D eigenvalue weighted by Gasteiger charge is -2.14. The van der Waals surface area contributed by atoms with Gasteiger partial charge in [0.2, 0.25) is 0 Å². The summed E-state index contributed by atoms with van der Waals surface area (Å²) in [5.41, 5.74) is 2.94. The molecule has 6 nitrogen and oxygen atoms in total. The Hall–Kier alpha value is -4.15. The van der Waals surface area contributed by atoms with Crippen molar-refractivity contribution in [1.29, 1.82) is 5.26 Å². The standard InChI is InChI=1S/C28H21ClFN3O3/c1-15-11-22(29)20(13-19(15)26(34)33-28(14-31)9-10-28)17-5-8-23-21(12-17)24(27(35)32-2)25(36-23)16-3-6-18(30)7-4-16/h3-8,11-13H,9-10H2,1-2H3,(H,32,35)(H,33,34). The van der Waals surface area contributed by atoms with E-state index in [0.29, 0.717) is 68.0 Å². The first-order valence-corrected chi connectivity index (χ1v) is 11.7. The molecule has 5 rings (SSSR count). The summed E-state index contributed by atoms with van der Waals surface area (Å²) in [4.78, 5) is 25.8. The van der Waals surface area contributed by atoms with Gasteiger partial charge < -0.3 is 15.1 Å². The molecule has 8 heteroatoms. The molecular formula is C28H21ClFN3O3. The first-order chi connectivity index (χ1) is 17.2. The van der Waals surface area contributed by atoms with Crippen molar-refractivity contribution in [3.63, 3.8) is 0 Å². The predicted molar refractivity (Wildman–Crippen MR) is 135 cm³/mol. The molecule has 2 N–H and O–H groups in total. The number of amides is 2. The molecule has 4 aromatic rings. The van der Waals surface area contributed by atoms with Crippen molar-refractivity contribution in [3.8, 4) is 28.5 Å². The number of carbonyl (C=O) groups excluding carboxylic acids is 2. The molecule has 2 amide bonds. The summed E-state index contributed by atoms with van der Waals surface area (Å²) in [6.07, 6.45) is 1.26. The van der Waals surface area contributed by atoms with E-state index >= 15 is 0 Å². The molecule has 0 aliphatic heterocycles. The lowest BCUT2D eigenvalue weighted by Crippen LogP contribution is -2.35. The maximum atomic E-state index is 13.5. The molecule has 180 valence electrons. The fourth-order valence-electron chi connectivity index (χ4n) is 4.23. The summed E-state index contributed by atoms with van der Waals surface area (Å²) in [5.74, 6) is -0.761. The molecular weight excluding hydrogens is 481 g/mol. The van der Waals surface area contributed by atoms with Crippen molar-refractivity contribution in [2.75, 3.05) is 7.05 Å². The van der Waals surface area contributed by atoms with E-state index in [-0.39, 0.29) is 11.8 Å². The molecule has 0 atom stereocenters. The Morgan fingerprint density at radius 2 is 1.75 bits per heavy atom. The molecule has 1 saturated carbocycles. The van der Waals surface area contributed by atoms with E-state index in [1.165, 1.54) is 19.2 Å². The van der Waals surface area contributed by atoms with E-state index in [1.807, 2.05) is 0 Å². The average molecular weight is 502 g/mol. The lowest BCUT2D eigenvalue weighted by atomic mass is 9.96. The first-order valence-electron chi connectivity index (χ1n) is 11.3. The Labute approximate surface area is 211 Å². The van der Waals surface area contributed by atoms with Gasteiger partial charge in [0, 0.05) is 34.1 Å². The Bertz CT molecular complexity index is 1580. The zero-order valence-corrected chi connectivity index (χ0v) is 20.3. The SMILES string of the molecule is CNC(=O)c1c(-c2ccc(F)cc2)oc2ccc(-c3cc(C(=O)NC4(C#N)CC4)c(C)cc3Cl)cc12. The number of hydrogen-bond donors (Lipinski definition) is 2. The van der Waals surface area contributed by atoms with Crippen LogP contribution in [0.15, 0.2) is 59.0 Å². The molecule has 3 aromatic carbocycles. The molecule has 0 saturated heterocycles. The normalized spacial score (nSPS) is 13.8. The van der Waals surface area contributed by atoms with Crippen LogP contribution in [0.2, 0.25) is 5.02 Å². The van der Waals surface area contributed by atoms with Crippen molar-refractivity contribution >= 4 is 34.4 Å². The second-order valence-corrected chi connectivity index (χ2v) is 9.31. The number of halogens is 2. The minimum absolute atomic E-state index is 0.312. The molecule has 1 aromatic heterocycles. The van der Waals surface area contributed by atoms with Crippen molar-refractivity contribution < 1.29 is 18.4 Å². The second kappa shape index (κ2) is 8.81. The monoisotopic (exact) mass is 501 g/mol. The summed E-state index contributed by atoms with van der Waals surface area (Å²) >= 11 is 6.59. The van der Waals surface area contributed by atoms with E-state index in [4.69, 9.17) is 16.0 Å². The van der Waals surface area contributed by atoms with Crippen LogP contribution in [0.3, 0.4) is 0 Å². The van der Waals surface area contributed by atoms with Crippen LogP contribution in [0.4, 0.5) is 4.39 Å². The molecule has 0 unspecified atom stereocenters. The second-order valence-electron chi connectivity index (χ2n) is 8.90. The van der Waals surface area contributed by atoms with Gasteiger partial charge in [0.25, 0.3) is 11.8 Å². The zero-order chi connectivity index (χ0) is 25.6. The molecule has 0 bridgehead atoms. The number of nitrogens with one attached hydrogen (secondary N) is 2. The minimum atomic E-state index is -0.793. The van der Waals surface area contributed by atoms with Crippen LogP contribution in [-0.2, 0) is 0 Å². The third-order valence-electron chi connectivity index (χ3n) is 6.44. The summed E-state index contributed by atoms with van der Waals surface area (Å²) in [6, 6.07) is 16.6. The molecule has 1 fully saturated rings. The van der Waals surface area contributed by atoms with Gasteiger partial charge in [-0.15, -0.1) is 0 Å². The van der Waals surface area contributed by atoms with E-state index in [1.54, 1.807) is 49.4 Å². The van der Waals surface area contributed by atoms with Crippen LogP contribution in [0.5, 0.6) is 0 Å². The van der Waals surface area contributed by atoms with Gasteiger partial charge in [0.15, 0.2) is 0 Å². The van der Waals surface area contributed by atoms with Crippen LogP contribution in [0.1, 0.15) is 39.1 Å². The highest BCUT2D eigenvalue weighted by molar-refractivity contribution is 6.33. The van der Waals surface area contributed by atoms with Gasteiger partial charge in [0.1, 0.15) is 22.7 Å². The lowest BCUT2D eigenvalue weighted by molar-refractivity contribution is 0.0938. The van der Waals surface area contributed by atoms with Gasteiger partial charge in [-0.25, -0.2) is 4.39 Å². The number of furan rings is 1. The van der Waals surface area contributed by atoms with Crippen molar-refractivity contribution in [2.45, 2.75) is 25.3 Å². The van der Waals surface area contributed by atoms with Crippen molar-refractivity contribution in [2.24, 2.45) is 0 Å². The Kier molecular flexibility index (Phi) is 5.77. The van der Waals surface area contributed by atoms with Crippen LogP contribution in [0.25, 0.3) is 33.4 Å². The quantitative estimate of drug-likeness (QED) is 0.350. The van der Waals surface area contributed by atoms with Crippen LogP contribution < -0.4 is 10.6 Å². The van der Waals surface area contributed by atoms with E-state index in [2.05, 4.69) is 16.7 Å². The number of nitrogens with zero attached hydrogens (tertiary/aromatic N) is 1. The van der Waals surface area contributed by atoms with Crippen LogP contribution >= 0.6 is 11.6 Å². The minimum Gasteiger partial charge on any atom is -0.455 e. The molecule has 0 radical (unpaired) electrons. The number of rotatable bonds is 5. The van der Waals surface area contributed by atoms with E-state index in [9.17, 15) is 19.2 Å². The third-order valence-corrected chi connectivity index (χ3v) is 6.75. The van der Waals surface area contributed by atoms with E-state index in [0.717, 1.165) is 0 Å². The van der Waals surface area contributed by atoms with Gasteiger partial charge in [-0.3, -0.25) is 9.59 Å². The molecule has 36 heavy (non-hydrogen) atoms. The van der Waals surface area contributed by atoms with Crippen LogP contribution in [-0.4, -0.2) is 24.4 Å². The largest absolute Gasteiger partial charge is 0.455 e. The highest BCUT2D eigenvalue weighted by Crippen LogP contribution is 2.39. The van der Waals surface area contributed by atoms with Crippen LogP contribution in [0, 0.1) is 24.1 Å². The Morgan fingerprint density at radius 1 is 1.06 bits per heavy atom. The summed E-state index contributed by atoms with van der Waals surface area (Å²) < 4.78 is 19.5. The van der Waals surface area contributed by atoms with Crippen molar-refractivity contribution in [3.05, 3.63) is 82.1 Å². The summed E-state index contributed by atoms with van der Waals surface area (Å²) in [7, 11) is 1.52.